The summed E-state index contributed by atoms with van der Waals surface area (Å²) in [6.45, 7) is 4.16. The van der Waals surface area contributed by atoms with E-state index in [0.29, 0.717) is 10.1 Å². The summed E-state index contributed by atoms with van der Waals surface area (Å²) in [7, 11) is 1.63. The second kappa shape index (κ2) is 9.68. The van der Waals surface area contributed by atoms with Gasteiger partial charge in [0.1, 0.15) is 5.75 Å². The predicted octanol–water partition coefficient (Wildman–Crippen LogP) is 6.66. The fourth-order valence-electron chi connectivity index (χ4n) is 4.16. The van der Waals surface area contributed by atoms with E-state index in [4.69, 9.17) is 4.74 Å². The second-order valence-corrected chi connectivity index (χ2v) is 9.29. The summed E-state index contributed by atoms with van der Waals surface area (Å²) in [6.07, 6.45) is 1.94. The summed E-state index contributed by atoms with van der Waals surface area (Å²) in [6, 6.07) is 28.4. The maximum atomic E-state index is 12.6. The van der Waals surface area contributed by atoms with Crippen LogP contribution < -0.4 is 10.1 Å². The Morgan fingerprint density at radius 3 is 2.29 bits per heavy atom. The summed E-state index contributed by atoms with van der Waals surface area (Å²) in [5.41, 5.74) is 7.43. The van der Waals surface area contributed by atoms with Crippen molar-refractivity contribution in [1.82, 2.24) is 9.88 Å². The van der Waals surface area contributed by atoms with E-state index in [1.54, 1.807) is 7.11 Å². The third-order valence-electron chi connectivity index (χ3n) is 5.94. The van der Waals surface area contributed by atoms with Crippen molar-refractivity contribution in [3.8, 4) is 22.6 Å². The van der Waals surface area contributed by atoms with Gasteiger partial charge in [0.05, 0.1) is 17.7 Å². The fourth-order valence-corrected chi connectivity index (χ4v) is 4.99. The number of benzene rings is 3. The van der Waals surface area contributed by atoms with E-state index in [1.807, 2.05) is 48.5 Å². The van der Waals surface area contributed by atoms with E-state index < -0.39 is 0 Å². The number of ether oxygens (including phenoxy) is 1. The van der Waals surface area contributed by atoms with Crippen LogP contribution >= 0.6 is 11.8 Å². The molecule has 1 amide bonds. The van der Waals surface area contributed by atoms with Crippen LogP contribution in [0.5, 0.6) is 5.75 Å². The van der Waals surface area contributed by atoms with Gasteiger partial charge in [-0.1, -0.05) is 42.5 Å². The molecule has 35 heavy (non-hydrogen) atoms. The highest BCUT2D eigenvalue weighted by molar-refractivity contribution is 8.18. The van der Waals surface area contributed by atoms with Gasteiger partial charge in [-0.3, -0.25) is 4.79 Å². The third-order valence-corrected chi connectivity index (χ3v) is 6.85. The first-order valence-electron chi connectivity index (χ1n) is 11.3. The molecule has 0 radical (unpaired) electrons. The van der Waals surface area contributed by atoms with Gasteiger partial charge in [-0.05, 0) is 90.8 Å². The lowest BCUT2D eigenvalue weighted by Gasteiger charge is -2.11. The molecular weight excluding hydrogens is 454 g/mol. The first kappa shape index (κ1) is 22.7. The third kappa shape index (κ3) is 4.79. The number of nitrogens with one attached hydrogen (secondary N) is 1. The molecule has 0 aliphatic carbocycles. The molecule has 5 rings (SSSR count). The van der Waals surface area contributed by atoms with Gasteiger partial charge in [-0.25, -0.2) is 4.99 Å². The zero-order valence-corrected chi connectivity index (χ0v) is 20.6. The quantitative estimate of drug-likeness (QED) is 0.326. The van der Waals surface area contributed by atoms with Crippen LogP contribution in [-0.2, 0) is 4.79 Å². The Morgan fingerprint density at radius 1 is 0.914 bits per heavy atom. The zero-order chi connectivity index (χ0) is 24.4. The Balaban J connectivity index is 1.39. The van der Waals surface area contributed by atoms with Gasteiger partial charge in [-0.15, -0.1) is 0 Å². The molecule has 0 unspecified atom stereocenters. The monoisotopic (exact) mass is 479 g/mol. The van der Waals surface area contributed by atoms with Crippen LogP contribution in [0.15, 0.2) is 94.8 Å². The molecule has 1 aromatic heterocycles. The van der Waals surface area contributed by atoms with Crippen LogP contribution in [0.4, 0.5) is 5.69 Å². The Bertz CT molecular complexity index is 1430. The van der Waals surface area contributed by atoms with Crippen LogP contribution in [-0.4, -0.2) is 22.8 Å². The smallest absolute Gasteiger partial charge is 0.264 e. The molecule has 1 N–H and O–H groups in total. The van der Waals surface area contributed by atoms with Gasteiger partial charge in [0.25, 0.3) is 5.91 Å². The standard InChI is InChI=1S/C29H25N3O2S/c1-19-17-23(18-27-28(33)31-29(35-27)30-24-11-15-26(34-3)16-12-24)20(2)32(19)25-13-9-22(10-14-25)21-7-5-4-6-8-21/h4-18H,1-3H3,(H,30,31,33)/b27-18-. The molecule has 1 aliphatic heterocycles. The normalized spacial score (nSPS) is 15.6. The maximum absolute atomic E-state index is 12.6. The van der Waals surface area contributed by atoms with Crippen molar-refractivity contribution in [2.24, 2.45) is 4.99 Å². The van der Waals surface area contributed by atoms with Crippen LogP contribution in [0.2, 0.25) is 0 Å². The van der Waals surface area contributed by atoms with Gasteiger partial charge in [0.2, 0.25) is 0 Å². The van der Waals surface area contributed by atoms with E-state index in [9.17, 15) is 4.79 Å². The minimum atomic E-state index is -0.140. The number of carbonyl (C=O) groups excluding carboxylic acids is 1. The zero-order valence-electron chi connectivity index (χ0n) is 19.8. The fraction of sp³-hybridized carbons (Fsp3) is 0.103. The lowest BCUT2D eigenvalue weighted by Crippen LogP contribution is -2.19. The number of aryl methyl sites for hydroxylation is 1. The maximum Gasteiger partial charge on any atom is 0.264 e. The topological polar surface area (TPSA) is 55.6 Å². The molecule has 3 aromatic carbocycles. The van der Waals surface area contributed by atoms with Gasteiger partial charge in [0.15, 0.2) is 5.17 Å². The van der Waals surface area contributed by atoms with Gasteiger partial charge < -0.3 is 14.6 Å². The van der Waals surface area contributed by atoms with E-state index in [0.717, 1.165) is 34.1 Å². The summed E-state index contributed by atoms with van der Waals surface area (Å²) >= 11 is 1.35. The number of hydrogen-bond donors (Lipinski definition) is 1. The van der Waals surface area contributed by atoms with Crippen molar-refractivity contribution in [3.63, 3.8) is 0 Å². The average Bonchev–Trinajstić information content (AvgIpc) is 3.37. The molecule has 0 bridgehead atoms. The van der Waals surface area contributed by atoms with Crippen LogP contribution in [0.3, 0.4) is 0 Å². The Hall–Kier alpha value is -4.03. The lowest BCUT2D eigenvalue weighted by atomic mass is 10.1. The highest BCUT2D eigenvalue weighted by atomic mass is 32.2. The molecule has 0 spiro atoms. The summed E-state index contributed by atoms with van der Waals surface area (Å²) in [4.78, 5) is 17.8. The van der Waals surface area contributed by atoms with Gasteiger partial charge in [-0.2, -0.15) is 0 Å². The molecule has 2 heterocycles. The first-order chi connectivity index (χ1) is 17.0. The number of amides is 1. The minimum Gasteiger partial charge on any atom is -0.497 e. The highest BCUT2D eigenvalue weighted by Gasteiger charge is 2.24. The predicted molar refractivity (Wildman–Crippen MR) is 144 cm³/mol. The number of thioether (sulfide) groups is 1. The molecule has 0 saturated carbocycles. The highest BCUT2D eigenvalue weighted by Crippen LogP contribution is 2.31. The van der Waals surface area contributed by atoms with E-state index >= 15 is 0 Å². The lowest BCUT2D eigenvalue weighted by molar-refractivity contribution is -0.115. The van der Waals surface area contributed by atoms with E-state index in [2.05, 4.69) is 71.2 Å². The number of rotatable bonds is 5. The summed E-state index contributed by atoms with van der Waals surface area (Å²) in [5.74, 6) is 0.627. The number of nitrogens with zero attached hydrogens (tertiary/aromatic N) is 2. The summed E-state index contributed by atoms with van der Waals surface area (Å²) in [5, 5.41) is 3.43. The molecule has 174 valence electrons. The van der Waals surface area contributed by atoms with Crippen molar-refractivity contribution in [1.29, 1.82) is 0 Å². The molecule has 1 fully saturated rings. The Kier molecular flexibility index (Phi) is 6.29. The largest absolute Gasteiger partial charge is 0.497 e. The van der Waals surface area contributed by atoms with Crippen LogP contribution in [0, 0.1) is 13.8 Å². The van der Waals surface area contributed by atoms with Crippen molar-refractivity contribution in [3.05, 3.63) is 107 Å². The Labute approximate surface area is 209 Å². The SMILES string of the molecule is COc1ccc(N=C2NC(=O)/C(=C/c3cc(C)n(-c4ccc(-c5ccccc5)cc4)c3C)S2)cc1. The number of aromatic nitrogens is 1. The van der Waals surface area contributed by atoms with Crippen LogP contribution in [0.1, 0.15) is 17.0 Å². The number of hydrogen-bond acceptors (Lipinski definition) is 4. The average molecular weight is 480 g/mol. The van der Waals surface area contributed by atoms with Crippen molar-refractivity contribution >= 4 is 34.6 Å². The molecule has 5 nitrogen and oxygen atoms in total. The van der Waals surface area contributed by atoms with Crippen molar-refractivity contribution in [2.75, 3.05) is 7.11 Å². The molecular formula is C29H25N3O2S. The van der Waals surface area contributed by atoms with Crippen molar-refractivity contribution in [2.45, 2.75) is 13.8 Å². The number of methoxy groups -OCH3 is 1. The number of carbonyl (C=O) groups is 1. The summed E-state index contributed by atoms with van der Waals surface area (Å²) < 4.78 is 7.40. The number of amidine groups is 1. The molecule has 1 saturated heterocycles. The van der Waals surface area contributed by atoms with Crippen molar-refractivity contribution < 1.29 is 9.53 Å². The first-order valence-corrected chi connectivity index (χ1v) is 12.1. The molecule has 4 aromatic rings. The van der Waals surface area contributed by atoms with Crippen LogP contribution in [0.25, 0.3) is 22.9 Å². The molecule has 0 atom stereocenters. The van der Waals surface area contributed by atoms with E-state index in [1.165, 1.54) is 22.9 Å². The molecule has 6 heteroatoms. The second-order valence-electron chi connectivity index (χ2n) is 8.25. The molecule has 1 aliphatic rings. The minimum absolute atomic E-state index is 0.140. The number of aliphatic imine (C=N–C) groups is 1. The van der Waals surface area contributed by atoms with Gasteiger partial charge in [0, 0.05) is 17.1 Å². The Morgan fingerprint density at radius 2 is 1.60 bits per heavy atom. The van der Waals surface area contributed by atoms with E-state index in [-0.39, 0.29) is 5.91 Å². The van der Waals surface area contributed by atoms with Gasteiger partial charge >= 0.3 is 0 Å².